The van der Waals surface area contributed by atoms with Crippen LogP contribution in [0.4, 0.5) is 0 Å². The fourth-order valence-electron chi connectivity index (χ4n) is 3.37. The van der Waals surface area contributed by atoms with Crippen molar-refractivity contribution in [2.75, 3.05) is 13.7 Å². The highest BCUT2D eigenvalue weighted by Gasteiger charge is 2.38. The van der Waals surface area contributed by atoms with E-state index in [9.17, 15) is 14.4 Å². The summed E-state index contributed by atoms with van der Waals surface area (Å²) in [5.41, 5.74) is 1.07. The van der Waals surface area contributed by atoms with Crippen LogP contribution in [0.25, 0.3) is 0 Å². The average molecular weight is 436 g/mol. The van der Waals surface area contributed by atoms with Crippen molar-refractivity contribution in [2.45, 2.75) is 6.10 Å². The van der Waals surface area contributed by atoms with Gasteiger partial charge in [-0.25, -0.2) is 0 Å². The third-order valence-corrected chi connectivity index (χ3v) is 5.27. The number of benzene rings is 3. The van der Waals surface area contributed by atoms with E-state index in [0.29, 0.717) is 11.3 Å². The van der Waals surface area contributed by atoms with Gasteiger partial charge in [0.05, 0.1) is 24.2 Å². The summed E-state index contributed by atoms with van der Waals surface area (Å²) in [4.78, 5) is 40.4. The lowest BCUT2D eigenvalue weighted by Gasteiger charge is -2.22. The molecular formula is C24H18ClNO5. The quantitative estimate of drug-likeness (QED) is 0.440. The van der Waals surface area contributed by atoms with E-state index in [1.165, 1.54) is 13.2 Å². The Balaban J connectivity index is 1.71. The predicted molar refractivity (Wildman–Crippen MR) is 115 cm³/mol. The number of nitrogens with zero attached hydrogens (tertiary/aromatic N) is 1. The Labute approximate surface area is 184 Å². The van der Waals surface area contributed by atoms with Crippen LogP contribution in [0.2, 0.25) is 5.02 Å². The molecule has 4 rings (SSSR count). The molecule has 6 nitrogen and oxygen atoms in total. The monoisotopic (exact) mass is 435 g/mol. The van der Waals surface area contributed by atoms with Crippen molar-refractivity contribution >= 4 is 29.2 Å². The van der Waals surface area contributed by atoms with Gasteiger partial charge >= 0.3 is 0 Å². The summed E-state index contributed by atoms with van der Waals surface area (Å²) in [5, 5.41) is 0.262. The molecule has 0 aliphatic carbocycles. The fourth-order valence-corrected chi connectivity index (χ4v) is 3.63. The van der Waals surface area contributed by atoms with Crippen LogP contribution in [-0.4, -0.2) is 36.2 Å². The number of rotatable bonds is 5. The van der Waals surface area contributed by atoms with Crippen molar-refractivity contribution < 1.29 is 23.9 Å². The molecule has 0 N–H and O–H groups in total. The Morgan fingerprint density at radius 2 is 1.74 bits per heavy atom. The lowest BCUT2D eigenvalue weighted by molar-refractivity contribution is -0.135. The number of Topliss-reactive ketones (excluding diaryl/α,β-unsaturated/α-hetero) is 1. The summed E-state index contributed by atoms with van der Waals surface area (Å²) in [6.45, 7) is -0.443. The number of amides is 2. The molecule has 1 aliphatic heterocycles. The number of carbonyl (C=O) groups is 3. The van der Waals surface area contributed by atoms with E-state index in [0.717, 1.165) is 4.90 Å². The first-order chi connectivity index (χ1) is 15.0. The summed E-state index contributed by atoms with van der Waals surface area (Å²) in [6.07, 6.45) is -1.05. The number of hydrogen-bond donors (Lipinski definition) is 0. The Kier molecular flexibility index (Phi) is 5.73. The molecule has 1 unspecified atom stereocenters. The average Bonchev–Trinajstić information content (AvgIpc) is 2.90. The second-order valence-corrected chi connectivity index (χ2v) is 7.31. The highest BCUT2D eigenvalue weighted by atomic mass is 35.5. The molecule has 1 heterocycles. The first-order valence-corrected chi connectivity index (χ1v) is 9.90. The second kappa shape index (κ2) is 8.62. The minimum absolute atomic E-state index is 0.217. The van der Waals surface area contributed by atoms with Gasteiger partial charge in [0.15, 0.2) is 5.78 Å². The highest BCUT2D eigenvalue weighted by Crippen LogP contribution is 2.32. The fraction of sp³-hybridized carbons (Fsp3) is 0.125. The van der Waals surface area contributed by atoms with Gasteiger partial charge in [-0.05, 0) is 30.3 Å². The van der Waals surface area contributed by atoms with Crippen molar-refractivity contribution in [2.24, 2.45) is 0 Å². The van der Waals surface area contributed by atoms with Gasteiger partial charge in [0.2, 0.25) is 6.10 Å². The number of halogens is 1. The Morgan fingerprint density at radius 1 is 1.03 bits per heavy atom. The van der Waals surface area contributed by atoms with Crippen LogP contribution in [0.15, 0.2) is 72.8 Å². The van der Waals surface area contributed by atoms with E-state index in [2.05, 4.69) is 0 Å². The van der Waals surface area contributed by atoms with Crippen LogP contribution in [-0.2, 0) is 4.79 Å². The number of hydrogen-bond acceptors (Lipinski definition) is 5. The van der Waals surface area contributed by atoms with Gasteiger partial charge < -0.3 is 9.47 Å². The maximum absolute atomic E-state index is 13.3. The van der Waals surface area contributed by atoms with Crippen molar-refractivity contribution in [3.05, 3.63) is 94.5 Å². The molecule has 0 radical (unpaired) electrons. The second-order valence-electron chi connectivity index (χ2n) is 6.91. The number of ether oxygens (including phenoxy) is 2. The van der Waals surface area contributed by atoms with E-state index in [1.54, 1.807) is 60.7 Å². The molecule has 0 spiro atoms. The van der Waals surface area contributed by atoms with Crippen LogP contribution in [0, 0.1) is 0 Å². The Bertz CT molecular complexity index is 1160. The number of methoxy groups -OCH3 is 1. The largest absolute Gasteiger partial charge is 0.495 e. The number of para-hydroxylation sites is 1. The summed E-state index contributed by atoms with van der Waals surface area (Å²) in [7, 11) is 1.47. The molecule has 1 aliphatic rings. The summed E-state index contributed by atoms with van der Waals surface area (Å²) in [6, 6.07) is 20.0. The molecule has 0 aromatic heterocycles. The van der Waals surface area contributed by atoms with Crippen molar-refractivity contribution in [1.82, 2.24) is 4.90 Å². The van der Waals surface area contributed by atoms with Gasteiger partial charge in [-0.15, -0.1) is 0 Å². The Morgan fingerprint density at radius 3 is 2.45 bits per heavy atom. The van der Waals surface area contributed by atoms with Gasteiger partial charge in [0.1, 0.15) is 11.5 Å². The van der Waals surface area contributed by atoms with E-state index in [4.69, 9.17) is 21.1 Å². The highest BCUT2D eigenvalue weighted by molar-refractivity contribution is 6.32. The minimum atomic E-state index is -1.05. The predicted octanol–water partition coefficient (Wildman–Crippen LogP) is 4.33. The molecule has 156 valence electrons. The smallest absolute Gasteiger partial charge is 0.275 e. The van der Waals surface area contributed by atoms with Gasteiger partial charge in [-0.2, -0.15) is 0 Å². The molecule has 2 amide bonds. The topological polar surface area (TPSA) is 72.9 Å². The van der Waals surface area contributed by atoms with E-state index >= 15 is 0 Å². The van der Waals surface area contributed by atoms with E-state index < -0.39 is 30.2 Å². The summed E-state index contributed by atoms with van der Waals surface area (Å²) in [5.74, 6) is -0.923. The van der Waals surface area contributed by atoms with Gasteiger partial charge in [-0.1, -0.05) is 54.1 Å². The normalized spacial score (nSPS) is 15.7. The zero-order chi connectivity index (χ0) is 22.0. The third kappa shape index (κ3) is 4.02. The minimum Gasteiger partial charge on any atom is -0.495 e. The zero-order valence-electron chi connectivity index (χ0n) is 16.6. The van der Waals surface area contributed by atoms with Crippen LogP contribution >= 0.6 is 11.6 Å². The van der Waals surface area contributed by atoms with Crippen LogP contribution < -0.4 is 9.47 Å². The number of imide groups is 1. The first kappa shape index (κ1) is 20.6. The molecule has 1 atom stereocenters. The standard InChI is InChI=1S/C24H18ClNO5/c1-30-21-12-11-16(13-18(21)25)19(27)14-26-23(28)17-9-5-6-10-20(17)31-22(24(26)29)15-7-3-2-4-8-15/h2-13,22H,14H2,1H3. The molecule has 0 saturated heterocycles. The van der Waals surface area contributed by atoms with E-state index in [-0.39, 0.29) is 21.9 Å². The molecule has 3 aromatic carbocycles. The maximum Gasteiger partial charge on any atom is 0.275 e. The van der Waals surface area contributed by atoms with Crippen molar-refractivity contribution in [3.8, 4) is 11.5 Å². The lowest BCUT2D eigenvalue weighted by Crippen LogP contribution is -2.42. The van der Waals surface area contributed by atoms with Gasteiger partial charge in [0, 0.05) is 11.1 Å². The molecule has 0 saturated carbocycles. The number of ketones is 1. The number of fused-ring (bicyclic) bond motifs is 1. The van der Waals surface area contributed by atoms with Gasteiger partial charge in [0.25, 0.3) is 11.8 Å². The molecule has 0 fully saturated rings. The molecular weight excluding hydrogens is 418 g/mol. The van der Waals surface area contributed by atoms with Gasteiger partial charge in [-0.3, -0.25) is 19.3 Å². The maximum atomic E-state index is 13.3. The number of carbonyl (C=O) groups excluding carboxylic acids is 3. The zero-order valence-corrected chi connectivity index (χ0v) is 17.3. The first-order valence-electron chi connectivity index (χ1n) is 9.52. The van der Waals surface area contributed by atoms with Crippen LogP contribution in [0.5, 0.6) is 11.5 Å². The lowest BCUT2D eigenvalue weighted by atomic mass is 10.1. The molecule has 3 aromatic rings. The van der Waals surface area contributed by atoms with Crippen molar-refractivity contribution in [3.63, 3.8) is 0 Å². The molecule has 7 heteroatoms. The third-order valence-electron chi connectivity index (χ3n) is 4.98. The van der Waals surface area contributed by atoms with Crippen LogP contribution in [0.1, 0.15) is 32.4 Å². The summed E-state index contributed by atoms with van der Waals surface area (Å²) < 4.78 is 11.0. The SMILES string of the molecule is COc1ccc(C(=O)CN2C(=O)c3ccccc3OC(c3ccccc3)C2=O)cc1Cl. The molecule has 0 bridgehead atoms. The summed E-state index contributed by atoms with van der Waals surface area (Å²) >= 11 is 6.13. The Hall–Kier alpha value is -3.64. The molecule has 31 heavy (non-hydrogen) atoms. The van der Waals surface area contributed by atoms with E-state index in [1.807, 2.05) is 6.07 Å². The van der Waals surface area contributed by atoms with Crippen LogP contribution in [0.3, 0.4) is 0 Å². The van der Waals surface area contributed by atoms with Crippen molar-refractivity contribution in [1.29, 1.82) is 0 Å².